The van der Waals surface area contributed by atoms with E-state index in [0.29, 0.717) is 16.4 Å². The number of aromatic nitrogens is 5. The molecule has 1 amide bonds. The van der Waals surface area contributed by atoms with Crippen molar-refractivity contribution in [3.8, 4) is 5.69 Å². The molecule has 1 N–H and O–H groups in total. The maximum absolute atomic E-state index is 12.7. The van der Waals surface area contributed by atoms with Crippen LogP contribution in [0.5, 0.6) is 0 Å². The summed E-state index contributed by atoms with van der Waals surface area (Å²) in [6.45, 7) is 3.81. The van der Waals surface area contributed by atoms with E-state index in [1.807, 2.05) is 32.0 Å². The number of halogens is 1. The summed E-state index contributed by atoms with van der Waals surface area (Å²) in [5.74, 6) is -0.378. The number of carbonyl (C=O) groups is 1. The van der Waals surface area contributed by atoms with E-state index in [1.54, 1.807) is 24.3 Å². The molecule has 9 heteroatoms. The third kappa shape index (κ3) is 3.74. The molecular weight excluding hydrogens is 392 g/mol. The van der Waals surface area contributed by atoms with Gasteiger partial charge in [-0.25, -0.2) is 4.98 Å². The highest BCUT2D eigenvalue weighted by Gasteiger charge is 2.15. The van der Waals surface area contributed by atoms with E-state index in [2.05, 4.69) is 20.6 Å². The number of benzene rings is 2. The quantitative estimate of drug-likeness (QED) is 0.560. The van der Waals surface area contributed by atoms with Crippen molar-refractivity contribution in [2.24, 2.45) is 0 Å². The summed E-state index contributed by atoms with van der Waals surface area (Å²) in [7, 11) is 0. The lowest BCUT2D eigenvalue weighted by atomic mass is 10.1. The average molecular weight is 409 g/mol. The summed E-state index contributed by atoms with van der Waals surface area (Å²) < 4.78 is 2.71. The van der Waals surface area contributed by atoms with Crippen molar-refractivity contribution in [2.45, 2.75) is 20.4 Å². The number of rotatable bonds is 4. The van der Waals surface area contributed by atoms with Crippen LogP contribution < -0.4 is 10.9 Å². The summed E-state index contributed by atoms with van der Waals surface area (Å²) >= 11 is 5.92. The molecule has 146 valence electrons. The molecule has 2 aromatic heterocycles. The molecule has 0 atom stereocenters. The van der Waals surface area contributed by atoms with E-state index in [0.717, 1.165) is 16.8 Å². The number of anilines is 1. The molecule has 0 aliphatic heterocycles. The van der Waals surface area contributed by atoms with Crippen LogP contribution in [0.3, 0.4) is 0 Å². The van der Waals surface area contributed by atoms with E-state index in [1.165, 1.54) is 15.6 Å². The number of hydrogen-bond donors (Lipinski definition) is 1. The molecule has 0 unspecified atom stereocenters. The third-order valence-corrected chi connectivity index (χ3v) is 4.82. The van der Waals surface area contributed by atoms with Crippen molar-refractivity contribution in [3.05, 3.63) is 75.3 Å². The molecule has 0 fully saturated rings. The van der Waals surface area contributed by atoms with Crippen molar-refractivity contribution in [1.82, 2.24) is 24.5 Å². The second kappa shape index (κ2) is 7.48. The Labute approximate surface area is 170 Å². The van der Waals surface area contributed by atoms with Gasteiger partial charge >= 0.3 is 0 Å². The van der Waals surface area contributed by atoms with Crippen LogP contribution in [-0.4, -0.2) is 30.5 Å². The first-order valence-electron chi connectivity index (χ1n) is 8.86. The summed E-state index contributed by atoms with van der Waals surface area (Å²) in [4.78, 5) is 29.3. The number of carbonyl (C=O) groups excluding carboxylic acids is 1. The first-order chi connectivity index (χ1) is 13.9. The monoisotopic (exact) mass is 408 g/mol. The van der Waals surface area contributed by atoms with Crippen LogP contribution in [0.4, 0.5) is 5.69 Å². The van der Waals surface area contributed by atoms with E-state index >= 15 is 0 Å². The first-order valence-corrected chi connectivity index (χ1v) is 9.24. The van der Waals surface area contributed by atoms with Crippen LogP contribution in [0.15, 0.2) is 53.6 Å². The van der Waals surface area contributed by atoms with Gasteiger partial charge in [0.15, 0.2) is 11.2 Å². The van der Waals surface area contributed by atoms with Crippen LogP contribution in [0.25, 0.3) is 16.9 Å². The number of nitrogens with zero attached hydrogens (tertiary/aromatic N) is 5. The molecule has 0 spiro atoms. The summed E-state index contributed by atoms with van der Waals surface area (Å²) in [6, 6.07) is 12.6. The molecule has 0 aliphatic rings. The lowest BCUT2D eigenvalue weighted by Crippen LogP contribution is -2.28. The second-order valence-electron chi connectivity index (χ2n) is 6.68. The zero-order valence-corrected chi connectivity index (χ0v) is 16.5. The Hall–Kier alpha value is -3.52. The van der Waals surface area contributed by atoms with Gasteiger partial charge < -0.3 is 5.32 Å². The Morgan fingerprint density at radius 3 is 2.72 bits per heavy atom. The van der Waals surface area contributed by atoms with Gasteiger partial charge in [-0.1, -0.05) is 28.9 Å². The van der Waals surface area contributed by atoms with Crippen molar-refractivity contribution >= 4 is 34.4 Å². The minimum absolute atomic E-state index is 0.0984. The van der Waals surface area contributed by atoms with Crippen LogP contribution in [0.1, 0.15) is 11.1 Å². The van der Waals surface area contributed by atoms with Gasteiger partial charge in [-0.15, -0.1) is 5.10 Å². The second-order valence-corrected chi connectivity index (χ2v) is 7.11. The SMILES string of the molecule is Cc1ccc(-n2nnc3c(=O)n(CC(=O)Nc4cccc(Cl)c4)cnc32)cc1C. The van der Waals surface area contributed by atoms with Crippen molar-refractivity contribution in [1.29, 1.82) is 0 Å². The molecule has 0 aliphatic carbocycles. The fourth-order valence-corrected chi connectivity index (χ4v) is 3.10. The Balaban J connectivity index is 1.62. The highest BCUT2D eigenvalue weighted by Crippen LogP contribution is 2.16. The summed E-state index contributed by atoms with van der Waals surface area (Å²) in [6.07, 6.45) is 1.32. The van der Waals surface area contributed by atoms with Gasteiger partial charge in [-0.2, -0.15) is 4.68 Å². The van der Waals surface area contributed by atoms with Gasteiger partial charge in [-0.3, -0.25) is 14.2 Å². The Bertz CT molecular complexity index is 1290. The standard InChI is InChI=1S/C20H17ClN6O2/c1-12-6-7-16(8-13(12)2)27-19-18(24-25-27)20(29)26(11-22-19)10-17(28)23-15-5-3-4-14(21)9-15/h3-9,11H,10H2,1-2H3,(H,23,28). The lowest BCUT2D eigenvalue weighted by Gasteiger charge is -2.08. The predicted molar refractivity (Wildman–Crippen MR) is 110 cm³/mol. The molecule has 4 aromatic rings. The molecular formula is C20H17ClN6O2. The van der Waals surface area contributed by atoms with Crippen molar-refractivity contribution in [2.75, 3.05) is 5.32 Å². The number of hydrogen-bond acceptors (Lipinski definition) is 5. The fourth-order valence-electron chi connectivity index (χ4n) is 2.91. The van der Waals surface area contributed by atoms with Crippen LogP contribution in [0.2, 0.25) is 5.02 Å². The summed E-state index contributed by atoms with van der Waals surface area (Å²) in [5.41, 5.74) is 3.55. The van der Waals surface area contributed by atoms with Crippen LogP contribution >= 0.6 is 11.6 Å². The number of amides is 1. The van der Waals surface area contributed by atoms with Crippen molar-refractivity contribution < 1.29 is 4.79 Å². The van der Waals surface area contributed by atoms with E-state index in [4.69, 9.17) is 11.6 Å². The zero-order chi connectivity index (χ0) is 20.5. The maximum atomic E-state index is 12.7. The van der Waals surface area contributed by atoms with Crippen LogP contribution in [0, 0.1) is 13.8 Å². The molecule has 2 aromatic carbocycles. The third-order valence-electron chi connectivity index (χ3n) is 4.59. The van der Waals surface area contributed by atoms with Crippen LogP contribution in [-0.2, 0) is 11.3 Å². The van der Waals surface area contributed by atoms with Gasteiger partial charge in [0.1, 0.15) is 12.9 Å². The van der Waals surface area contributed by atoms with Gasteiger partial charge in [0.05, 0.1) is 5.69 Å². The average Bonchev–Trinajstić information content (AvgIpc) is 3.11. The number of nitrogens with one attached hydrogen (secondary N) is 1. The Morgan fingerprint density at radius 1 is 1.14 bits per heavy atom. The van der Waals surface area contributed by atoms with E-state index in [-0.39, 0.29) is 18.0 Å². The molecule has 8 nitrogen and oxygen atoms in total. The Morgan fingerprint density at radius 2 is 1.97 bits per heavy atom. The molecule has 0 radical (unpaired) electrons. The summed E-state index contributed by atoms with van der Waals surface area (Å²) in [5, 5.41) is 11.3. The highest BCUT2D eigenvalue weighted by atomic mass is 35.5. The minimum Gasteiger partial charge on any atom is -0.324 e. The number of aryl methyl sites for hydroxylation is 2. The minimum atomic E-state index is -0.439. The highest BCUT2D eigenvalue weighted by molar-refractivity contribution is 6.30. The normalized spacial score (nSPS) is 11.0. The molecule has 4 rings (SSSR count). The molecule has 0 saturated carbocycles. The smallest absolute Gasteiger partial charge is 0.284 e. The molecule has 0 bridgehead atoms. The molecule has 2 heterocycles. The lowest BCUT2D eigenvalue weighted by molar-refractivity contribution is -0.116. The van der Waals surface area contributed by atoms with Gasteiger partial charge in [-0.05, 0) is 55.3 Å². The number of fused-ring (bicyclic) bond motifs is 1. The molecule has 29 heavy (non-hydrogen) atoms. The first kappa shape index (κ1) is 18.8. The zero-order valence-electron chi connectivity index (χ0n) is 15.8. The maximum Gasteiger partial charge on any atom is 0.284 e. The van der Waals surface area contributed by atoms with Crippen molar-refractivity contribution in [3.63, 3.8) is 0 Å². The van der Waals surface area contributed by atoms with E-state index in [9.17, 15) is 9.59 Å². The van der Waals surface area contributed by atoms with Gasteiger partial charge in [0, 0.05) is 10.7 Å². The largest absolute Gasteiger partial charge is 0.324 e. The molecule has 0 saturated heterocycles. The van der Waals surface area contributed by atoms with E-state index < -0.39 is 5.56 Å². The van der Waals surface area contributed by atoms with Gasteiger partial charge in [0.2, 0.25) is 5.91 Å². The van der Waals surface area contributed by atoms with Gasteiger partial charge in [0.25, 0.3) is 5.56 Å². The topological polar surface area (TPSA) is 94.7 Å². The predicted octanol–water partition coefficient (Wildman–Crippen LogP) is 2.89. The fraction of sp³-hybridized carbons (Fsp3) is 0.150. The Kier molecular flexibility index (Phi) is 4.85.